The molecule has 0 saturated carbocycles. The fourth-order valence-corrected chi connectivity index (χ4v) is 4.65. The number of halogens is 4. The molecule has 11 heteroatoms. The van der Waals surface area contributed by atoms with Crippen LogP contribution in [0.25, 0.3) is 10.9 Å². The van der Waals surface area contributed by atoms with Gasteiger partial charge in [-0.2, -0.15) is 10.2 Å². The molecule has 0 aliphatic heterocycles. The van der Waals surface area contributed by atoms with Gasteiger partial charge in [0.15, 0.2) is 0 Å². The number of nitrogens with zero attached hydrogens (tertiary/aromatic N) is 5. The van der Waals surface area contributed by atoms with Crippen LogP contribution in [0.5, 0.6) is 0 Å². The number of nitrogens with one attached hydrogen (secondary N) is 1. The van der Waals surface area contributed by atoms with E-state index in [1.165, 1.54) is 23.4 Å². The molecular formula is C25H20Cl2F2N6O. The zero-order chi connectivity index (χ0) is 25.3. The van der Waals surface area contributed by atoms with Gasteiger partial charge in [-0.25, -0.2) is 18.4 Å². The van der Waals surface area contributed by atoms with Crippen LogP contribution in [0, 0.1) is 11.6 Å². The highest BCUT2D eigenvalue weighted by Crippen LogP contribution is 2.31. The van der Waals surface area contributed by atoms with E-state index in [0.29, 0.717) is 22.1 Å². The van der Waals surface area contributed by atoms with E-state index >= 15 is 0 Å². The summed E-state index contributed by atoms with van der Waals surface area (Å²) in [6.45, 7) is 0.147. The molecule has 0 bridgehead atoms. The Morgan fingerprint density at radius 2 is 1.78 bits per heavy atom. The maximum atomic E-state index is 14.8. The minimum Gasteiger partial charge on any atom is -0.381 e. The summed E-state index contributed by atoms with van der Waals surface area (Å²) in [5.41, 5.74) is 0.353. The minimum atomic E-state index is -1.81. The highest BCUT2D eigenvalue weighted by molar-refractivity contribution is 6.36. The van der Waals surface area contributed by atoms with Gasteiger partial charge in [0, 0.05) is 44.9 Å². The molecule has 0 spiro atoms. The first-order valence-electron chi connectivity index (χ1n) is 10.9. The van der Waals surface area contributed by atoms with E-state index in [1.807, 2.05) is 18.2 Å². The van der Waals surface area contributed by atoms with Crippen molar-refractivity contribution in [3.8, 4) is 0 Å². The molecule has 0 aliphatic carbocycles. The fourth-order valence-electron chi connectivity index (χ4n) is 4.12. The lowest BCUT2D eigenvalue weighted by molar-refractivity contribution is -0.00734. The normalized spacial score (nSPS) is 13.1. The number of benzene rings is 3. The van der Waals surface area contributed by atoms with Crippen molar-refractivity contribution in [2.45, 2.75) is 25.2 Å². The standard InChI is InChI=1S/C25H20Cl2F2N6O/c26-21-2-1-3-22(27)19(21)11-31-18-6-4-16-10-32-35(24(16)9-18)13-25(36,12-34-15-30-14-33-34)20-7-5-17(28)8-23(20)29/h1-10,14-15,31,36H,11-13H2. The second-order valence-corrected chi connectivity index (χ2v) is 9.19. The van der Waals surface area contributed by atoms with Gasteiger partial charge in [0.25, 0.3) is 0 Å². The van der Waals surface area contributed by atoms with Gasteiger partial charge in [-0.1, -0.05) is 35.3 Å². The SMILES string of the molecule is OC(Cn1cncn1)(Cn1ncc2ccc(NCc3c(Cl)cccc3Cl)cc21)c1ccc(F)cc1F. The zero-order valence-corrected chi connectivity index (χ0v) is 20.3. The molecule has 1 unspecified atom stereocenters. The third kappa shape index (κ3) is 4.90. The van der Waals surface area contributed by atoms with Gasteiger partial charge in [0.1, 0.15) is 29.9 Å². The van der Waals surface area contributed by atoms with Crippen molar-refractivity contribution in [2.75, 3.05) is 5.32 Å². The van der Waals surface area contributed by atoms with Crippen LogP contribution in [0.2, 0.25) is 10.0 Å². The third-order valence-corrected chi connectivity index (χ3v) is 6.62. The highest BCUT2D eigenvalue weighted by Gasteiger charge is 2.35. The van der Waals surface area contributed by atoms with Crippen molar-refractivity contribution >= 4 is 39.8 Å². The van der Waals surface area contributed by atoms with Crippen LogP contribution in [-0.4, -0.2) is 29.7 Å². The monoisotopic (exact) mass is 528 g/mol. The molecule has 7 nitrogen and oxygen atoms in total. The Morgan fingerprint density at radius 3 is 2.50 bits per heavy atom. The Balaban J connectivity index is 1.47. The van der Waals surface area contributed by atoms with Gasteiger partial charge in [-0.3, -0.25) is 4.68 Å². The molecular weight excluding hydrogens is 509 g/mol. The first kappa shape index (κ1) is 24.2. The highest BCUT2D eigenvalue weighted by atomic mass is 35.5. The second kappa shape index (κ2) is 9.85. The summed E-state index contributed by atoms with van der Waals surface area (Å²) in [7, 11) is 0. The first-order chi connectivity index (χ1) is 17.3. The van der Waals surface area contributed by atoms with Crippen LogP contribution in [-0.2, 0) is 25.2 Å². The van der Waals surface area contributed by atoms with Crippen molar-refractivity contribution in [1.82, 2.24) is 24.5 Å². The number of hydrogen-bond acceptors (Lipinski definition) is 5. The largest absolute Gasteiger partial charge is 0.381 e. The molecule has 0 fully saturated rings. The molecule has 5 rings (SSSR count). The smallest absolute Gasteiger partial charge is 0.137 e. The molecule has 2 N–H and O–H groups in total. The van der Waals surface area contributed by atoms with E-state index in [-0.39, 0.29) is 18.7 Å². The van der Waals surface area contributed by atoms with Crippen LogP contribution in [0.3, 0.4) is 0 Å². The van der Waals surface area contributed by atoms with Crippen molar-refractivity contribution in [3.63, 3.8) is 0 Å². The van der Waals surface area contributed by atoms with Crippen molar-refractivity contribution in [3.05, 3.63) is 106 Å². The summed E-state index contributed by atoms with van der Waals surface area (Å²) in [6.07, 6.45) is 4.38. The van der Waals surface area contributed by atoms with E-state index in [9.17, 15) is 13.9 Å². The minimum absolute atomic E-state index is 0.0781. The van der Waals surface area contributed by atoms with Crippen molar-refractivity contribution < 1.29 is 13.9 Å². The summed E-state index contributed by atoms with van der Waals surface area (Å²) in [4.78, 5) is 3.89. The second-order valence-electron chi connectivity index (χ2n) is 8.38. The Hall–Kier alpha value is -3.53. The lowest BCUT2D eigenvalue weighted by atomic mass is 9.92. The van der Waals surface area contributed by atoms with Gasteiger partial charge in [0.2, 0.25) is 0 Å². The van der Waals surface area contributed by atoms with Crippen molar-refractivity contribution in [1.29, 1.82) is 0 Å². The van der Waals surface area contributed by atoms with Crippen LogP contribution in [0.4, 0.5) is 14.5 Å². The molecule has 0 radical (unpaired) electrons. The molecule has 1 atom stereocenters. The quantitative estimate of drug-likeness (QED) is 0.281. The predicted octanol–water partition coefficient (Wildman–Crippen LogP) is 5.41. The molecule has 0 saturated heterocycles. The average molecular weight is 529 g/mol. The molecule has 36 heavy (non-hydrogen) atoms. The van der Waals surface area contributed by atoms with Crippen LogP contribution < -0.4 is 5.32 Å². The Bertz CT molecular complexity index is 1500. The maximum absolute atomic E-state index is 14.8. The Kier molecular flexibility index (Phi) is 6.61. The lowest BCUT2D eigenvalue weighted by Gasteiger charge is -2.29. The third-order valence-electron chi connectivity index (χ3n) is 5.91. The van der Waals surface area contributed by atoms with Crippen LogP contribution in [0.1, 0.15) is 11.1 Å². The maximum Gasteiger partial charge on any atom is 0.137 e. The number of fused-ring (bicyclic) bond motifs is 1. The summed E-state index contributed by atoms with van der Waals surface area (Å²) in [5.74, 6) is -1.61. The molecule has 184 valence electrons. The van der Waals surface area contributed by atoms with E-state index in [1.54, 1.807) is 29.1 Å². The predicted molar refractivity (Wildman–Crippen MR) is 134 cm³/mol. The van der Waals surface area contributed by atoms with E-state index in [2.05, 4.69) is 20.5 Å². The first-order valence-corrected chi connectivity index (χ1v) is 11.7. The summed E-state index contributed by atoms with van der Waals surface area (Å²) < 4.78 is 31.4. The molecule has 0 aliphatic rings. The van der Waals surface area contributed by atoms with Gasteiger partial charge in [-0.05, 0) is 36.4 Å². The van der Waals surface area contributed by atoms with Crippen molar-refractivity contribution in [2.24, 2.45) is 0 Å². The summed E-state index contributed by atoms with van der Waals surface area (Å²) in [5, 5.41) is 25.4. The molecule has 2 aromatic heterocycles. The molecule has 3 aromatic carbocycles. The molecule has 0 amide bonds. The number of hydrogen-bond donors (Lipinski definition) is 2. The summed E-state index contributed by atoms with van der Waals surface area (Å²) in [6, 6.07) is 14.0. The molecule has 5 aromatic rings. The zero-order valence-electron chi connectivity index (χ0n) is 18.7. The van der Waals surface area contributed by atoms with E-state index in [0.717, 1.165) is 28.8 Å². The van der Waals surface area contributed by atoms with Gasteiger partial charge in [0.05, 0.1) is 24.8 Å². The van der Waals surface area contributed by atoms with Gasteiger partial charge < -0.3 is 10.4 Å². The van der Waals surface area contributed by atoms with Gasteiger partial charge in [-0.15, -0.1) is 0 Å². The summed E-state index contributed by atoms with van der Waals surface area (Å²) >= 11 is 12.6. The van der Waals surface area contributed by atoms with Crippen LogP contribution >= 0.6 is 23.2 Å². The molecule has 2 heterocycles. The van der Waals surface area contributed by atoms with Crippen LogP contribution in [0.15, 0.2) is 73.4 Å². The van der Waals surface area contributed by atoms with E-state index in [4.69, 9.17) is 23.2 Å². The van der Waals surface area contributed by atoms with Gasteiger partial charge >= 0.3 is 0 Å². The number of rotatable bonds is 8. The number of anilines is 1. The van der Waals surface area contributed by atoms with E-state index < -0.39 is 17.2 Å². The topological polar surface area (TPSA) is 80.8 Å². The number of aromatic nitrogens is 5. The fraction of sp³-hybridized carbons (Fsp3) is 0.160. The Labute approximate surface area is 214 Å². The number of aliphatic hydroxyl groups is 1. The Morgan fingerprint density at radius 1 is 0.972 bits per heavy atom. The lowest BCUT2D eigenvalue weighted by Crippen LogP contribution is -2.37. The average Bonchev–Trinajstić information content (AvgIpc) is 3.48.